The van der Waals surface area contributed by atoms with Crippen LogP contribution in [0.25, 0.3) is 0 Å². The monoisotopic (exact) mass is 903 g/mol. The highest BCUT2D eigenvalue weighted by Gasteiger charge is 2.30. The van der Waals surface area contributed by atoms with Crippen molar-refractivity contribution in [3.63, 3.8) is 0 Å². The Balaban J connectivity index is 1.50. The molecule has 6 aromatic rings. The average molecular weight is 903 g/mol. The molecule has 0 saturated heterocycles. The van der Waals surface area contributed by atoms with E-state index in [2.05, 4.69) is 225 Å². The third kappa shape index (κ3) is 13.5. The minimum absolute atomic E-state index is 0.0210. The van der Waals surface area contributed by atoms with Gasteiger partial charge in [0.15, 0.2) is 11.5 Å². The van der Waals surface area contributed by atoms with Crippen molar-refractivity contribution >= 4 is 0 Å². The molecule has 0 atom stereocenters. The molecule has 0 bridgehead atoms. The zero-order chi connectivity index (χ0) is 49.0. The topological polar surface area (TPSA) is 46.2 Å². The summed E-state index contributed by atoms with van der Waals surface area (Å²) >= 11 is 0. The Morgan fingerprint density at radius 3 is 0.552 bits per heavy atom. The number of benzene rings is 6. The molecule has 0 aliphatic heterocycles. The molecule has 356 valence electrons. The zero-order valence-corrected chi connectivity index (χ0v) is 43.6. The van der Waals surface area contributed by atoms with Crippen LogP contribution in [0, 0.1) is 6.92 Å². The zero-order valence-electron chi connectivity index (χ0n) is 43.6. The van der Waals surface area contributed by atoms with Gasteiger partial charge < -0.3 is 23.7 Å². The van der Waals surface area contributed by atoms with Crippen LogP contribution in [0.15, 0.2) is 121 Å². The van der Waals surface area contributed by atoms with Gasteiger partial charge in [0, 0.05) is 5.56 Å². The van der Waals surface area contributed by atoms with Gasteiger partial charge in [-0.15, -0.1) is 0 Å². The van der Waals surface area contributed by atoms with Crippen LogP contribution in [0.3, 0.4) is 0 Å². The van der Waals surface area contributed by atoms with E-state index < -0.39 is 0 Å². The average Bonchev–Trinajstić information content (AvgIpc) is 3.25. The highest BCUT2D eigenvalue weighted by molar-refractivity contribution is 5.70. The standard InChI is InChI=1S/C62H78O5/c1-42-53(63-37-43-17-27-48(28-18-43)58(2,3)4)55(65-39-45-21-31-50(32-22-45)60(8,9)10)57(67-41-47-25-35-52(36-26-47)62(14,15)16)56(66-40-46-23-33-51(34-24-46)61(11,12)13)54(42)64-38-44-19-29-49(30-20-44)59(5,6)7/h17-36H,37-41H2,1-16H3. The fourth-order valence-corrected chi connectivity index (χ4v) is 7.78. The first-order chi connectivity index (χ1) is 31.3. The van der Waals surface area contributed by atoms with Crippen molar-refractivity contribution in [2.75, 3.05) is 0 Å². The Labute approximate surface area is 404 Å². The van der Waals surface area contributed by atoms with Crippen LogP contribution >= 0.6 is 0 Å². The maximum absolute atomic E-state index is 7.02. The Hall–Kier alpha value is -5.68. The first kappa shape index (κ1) is 50.7. The number of rotatable bonds is 15. The second-order valence-electron chi connectivity index (χ2n) is 23.4. The normalized spacial score (nSPS) is 12.5. The van der Waals surface area contributed by atoms with Gasteiger partial charge in [0.25, 0.3) is 0 Å². The minimum Gasteiger partial charge on any atom is -0.484 e. The van der Waals surface area contributed by atoms with E-state index in [1.807, 2.05) is 6.92 Å². The molecule has 0 spiro atoms. The summed E-state index contributed by atoms with van der Waals surface area (Å²) in [5, 5.41) is 0. The molecule has 67 heavy (non-hydrogen) atoms. The second-order valence-corrected chi connectivity index (χ2v) is 23.4. The summed E-state index contributed by atoms with van der Waals surface area (Å²) in [5.74, 6) is 2.46. The molecule has 0 aliphatic rings. The highest BCUT2D eigenvalue weighted by Crippen LogP contribution is 2.55. The Morgan fingerprint density at radius 1 is 0.239 bits per heavy atom. The fraction of sp³-hybridized carbons (Fsp3) is 0.419. The second kappa shape index (κ2) is 20.3. The van der Waals surface area contributed by atoms with Crippen LogP contribution in [-0.2, 0) is 60.1 Å². The molecule has 0 fully saturated rings. The third-order valence-corrected chi connectivity index (χ3v) is 12.5. The van der Waals surface area contributed by atoms with Crippen molar-refractivity contribution in [1.29, 1.82) is 0 Å². The molecule has 0 amide bonds. The lowest BCUT2D eigenvalue weighted by Gasteiger charge is -2.26. The van der Waals surface area contributed by atoms with E-state index in [1.165, 1.54) is 27.8 Å². The molecule has 5 nitrogen and oxygen atoms in total. The summed E-state index contributed by atoms with van der Waals surface area (Å²) in [6, 6.07) is 43.3. The van der Waals surface area contributed by atoms with Gasteiger partial charge in [-0.25, -0.2) is 0 Å². The van der Waals surface area contributed by atoms with Gasteiger partial charge >= 0.3 is 0 Å². The predicted octanol–water partition coefficient (Wildman–Crippen LogP) is 16.4. The van der Waals surface area contributed by atoms with Crippen molar-refractivity contribution in [1.82, 2.24) is 0 Å². The van der Waals surface area contributed by atoms with E-state index in [0.29, 0.717) is 42.0 Å². The first-order valence-electron chi connectivity index (χ1n) is 24.1. The smallest absolute Gasteiger partial charge is 0.211 e. The van der Waals surface area contributed by atoms with Crippen LogP contribution in [0.2, 0.25) is 0 Å². The molecule has 6 rings (SSSR count). The lowest BCUT2D eigenvalue weighted by molar-refractivity contribution is 0.199. The maximum Gasteiger partial charge on any atom is 0.211 e. The molecule has 0 unspecified atom stereocenters. The molecule has 6 aromatic carbocycles. The van der Waals surface area contributed by atoms with Gasteiger partial charge in [-0.3, -0.25) is 0 Å². The third-order valence-electron chi connectivity index (χ3n) is 12.5. The highest BCUT2D eigenvalue weighted by atomic mass is 16.6. The van der Waals surface area contributed by atoms with Gasteiger partial charge in [0.1, 0.15) is 33.0 Å². The number of ether oxygens (including phenoxy) is 5. The summed E-state index contributed by atoms with van der Waals surface area (Å²) < 4.78 is 34.9. The van der Waals surface area contributed by atoms with E-state index in [-0.39, 0.29) is 46.9 Å². The van der Waals surface area contributed by atoms with Crippen molar-refractivity contribution in [2.24, 2.45) is 0 Å². The van der Waals surface area contributed by atoms with Crippen molar-refractivity contribution in [3.8, 4) is 28.7 Å². The summed E-state index contributed by atoms with van der Waals surface area (Å²) in [5.41, 5.74) is 12.4. The van der Waals surface area contributed by atoms with Gasteiger partial charge in [0.05, 0.1) is 0 Å². The van der Waals surface area contributed by atoms with Crippen molar-refractivity contribution in [3.05, 3.63) is 183 Å². The molecule has 0 N–H and O–H groups in total. The van der Waals surface area contributed by atoms with Crippen LogP contribution in [0.5, 0.6) is 28.7 Å². The molecule has 0 radical (unpaired) electrons. The van der Waals surface area contributed by atoms with Crippen LogP contribution in [0.4, 0.5) is 0 Å². The fourth-order valence-electron chi connectivity index (χ4n) is 7.78. The van der Waals surface area contributed by atoms with Gasteiger partial charge in [0.2, 0.25) is 17.2 Å². The molecular weight excluding hydrogens is 825 g/mol. The van der Waals surface area contributed by atoms with Crippen molar-refractivity contribution < 1.29 is 23.7 Å². The number of hydrogen-bond acceptors (Lipinski definition) is 5. The first-order valence-corrected chi connectivity index (χ1v) is 24.1. The summed E-state index contributed by atoms with van der Waals surface area (Å²) in [4.78, 5) is 0. The van der Waals surface area contributed by atoms with Crippen LogP contribution < -0.4 is 23.7 Å². The Kier molecular flexibility index (Phi) is 15.3. The molecular formula is C62H78O5. The Bertz CT molecular complexity index is 2380. The molecule has 0 aliphatic carbocycles. The molecule has 0 saturated carbocycles. The SMILES string of the molecule is Cc1c(OCc2ccc(C(C)(C)C)cc2)c(OCc2ccc(C(C)(C)C)cc2)c(OCc2ccc(C(C)(C)C)cc2)c(OCc2ccc(C(C)(C)C)cc2)c1OCc1ccc(C(C)(C)C)cc1. The summed E-state index contributed by atoms with van der Waals surface area (Å²) in [6.45, 7) is 36.9. The van der Waals surface area contributed by atoms with Gasteiger partial charge in [-0.05, 0) is 89.6 Å². The van der Waals surface area contributed by atoms with Crippen molar-refractivity contribution in [2.45, 2.75) is 171 Å². The lowest BCUT2D eigenvalue weighted by Crippen LogP contribution is -2.13. The van der Waals surface area contributed by atoms with E-state index in [1.54, 1.807) is 0 Å². The lowest BCUT2D eigenvalue weighted by atomic mass is 9.87. The van der Waals surface area contributed by atoms with Gasteiger partial charge in [-0.2, -0.15) is 0 Å². The summed E-state index contributed by atoms with van der Waals surface area (Å²) in [6.07, 6.45) is 0. The summed E-state index contributed by atoms with van der Waals surface area (Å²) in [7, 11) is 0. The Morgan fingerprint density at radius 2 is 0.388 bits per heavy atom. The predicted molar refractivity (Wildman–Crippen MR) is 279 cm³/mol. The largest absolute Gasteiger partial charge is 0.484 e. The molecule has 0 aromatic heterocycles. The van der Waals surface area contributed by atoms with E-state index in [4.69, 9.17) is 23.7 Å². The van der Waals surface area contributed by atoms with E-state index in [9.17, 15) is 0 Å². The quantitative estimate of drug-likeness (QED) is 0.103. The molecule has 5 heteroatoms. The molecule has 0 heterocycles. The van der Waals surface area contributed by atoms with Crippen LogP contribution in [0.1, 0.15) is 165 Å². The van der Waals surface area contributed by atoms with Crippen LogP contribution in [-0.4, -0.2) is 0 Å². The van der Waals surface area contributed by atoms with Gasteiger partial charge in [-0.1, -0.05) is 225 Å². The number of hydrogen-bond donors (Lipinski definition) is 0. The van der Waals surface area contributed by atoms with E-state index in [0.717, 1.165) is 33.4 Å². The maximum atomic E-state index is 7.02. The van der Waals surface area contributed by atoms with E-state index >= 15 is 0 Å². The minimum atomic E-state index is 0.0210.